The van der Waals surface area contributed by atoms with E-state index in [1.807, 2.05) is 26.0 Å². The number of para-hydroxylation sites is 2. The zero-order valence-corrected chi connectivity index (χ0v) is 15.8. The van der Waals surface area contributed by atoms with Crippen molar-refractivity contribution in [3.63, 3.8) is 0 Å². The molecule has 27 heavy (non-hydrogen) atoms. The number of aryl methyl sites for hydroxylation is 2. The molecule has 0 aliphatic rings. The number of anilines is 1. The molecule has 2 aromatic carbocycles. The molecule has 5 nitrogen and oxygen atoms in total. The highest BCUT2D eigenvalue weighted by Gasteiger charge is 2.16. The first-order valence-electron chi connectivity index (χ1n) is 8.72. The molecule has 0 saturated carbocycles. The van der Waals surface area contributed by atoms with Crippen LogP contribution in [-0.2, 0) is 7.05 Å². The van der Waals surface area contributed by atoms with Crippen LogP contribution in [0.3, 0.4) is 0 Å². The average Bonchev–Trinajstić information content (AvgIpc) is 3.00. The summed E-state index contributed by atoms with van der Waals surface area (Å²) in [5.41, 5.74) is 2.93. The average molecular weight is 367 g/mol. The third-order valence-electron chi connectivity index (χ3n) is 4.06. The number of ether oxygens (including phenoxy) is 1. The van der Waals surface area contributed by atoms with Crippen molar-refractivity contribution in [2.75, 3.05) is 5.32 Å². The van der Waals surface area contributed by atoms with E-state index in [0.29, 0.717) is 17.0 Å². The quantitative estimate of drug-likeness (QED) is 0.718. The van der Waals surface area contributed by atoms with Crippen LogP contribution in [-0.4, -0.2) is 21.8 Å². The maximum absolute atomic E-state index is 13.5. The summed E-state index contributed by atoms with van der Waals surface area (Å²) in [6.45, 7) is 5.55. The molecule has 3 aromatic rings. The van der Waals surface area contributed by atoms with Gasteiger partial charge >= 0.3 is 0 Å². The van der Waals surface area contributed by atoms with Crippen LogP contribution in [0.5, 0.6) is 5.75 Å². The van der Waals surface area contributed by atoms with Gasteiger partial charge in [-0.15, -0.1) is 0 Å². The summed E-state index contributed by atoms with van der Waals surface area (Å²) in [5, 5.41) is 7.14. The summed E-state index contributed by atoms with van der Waals surface area (Å²) in [7, 11) is 1.75. The predicted molar refractivity (Wildman–Crippen MR) is 103 cm³/mol. The second-order valence-electron chi connectivity index (χ2n) is 6.62. The minimum Gasteiger partial charge on any atom is -0.489 e. The summed E-state index contributed by atoms with van der Waals surface area (Å²) in [5.74, 6) is 0.00213. The van der Waals surface area contributed by atoms with Gasteiger partial charge in [0.1, 0.15) is 11.6 Å². The van der Waals surface area contributed by atoms with Gasteiger partial charge in [0.2, 0.25) is 0 Å². The number of benzene rings is 2. The van der Waals surface area contributed by atoms with Crippen LogP contribution in [0.2, 0.25) is 0 Å². The predicted octanol–water partition coefficient (Wildman–Crippen LogP) is 4.57. The van der Waals surface area contributed by atoms with E-state index in [1.165, 1.54) is 6.07 Å². The highest BCUT2D eigenvalue weighted by Crippen LogP contribution is 2.26. The van der Waals surface area contributed by atoms with Crippen molar-refractivity contribution in [1.82, 2.24) is 9.78 Å². The molecule has 0 radical (unpaired) electrons. The van der Waals surface area contributed by atoms with E-state index in [0.717, 1.165) is 11.3 Å². The Morgan fingerprint density at radius 2 is 1.93 bits per heavy atom. The molecule has 1 aromatic heterocycles. The Hall–Kier alpha value is -3.15. The fourth-order valence-corrected chi connectivity index (χ4v) is 2.77. The third-order valence-corrected chi connectivity index (χ3v) is 4.06. The molecule has 0 atom stereocenters. The maximum Gasteiger partial charge on any atom is 0.276 e. The Kier molecular flexibility index (Phi) is 5.26. The summed E-state index contributed by atoms with van der Waals surface area (Å²) < 4.78 is 20.9. The molecule has 6 heteroatoms. The molecule has 0 aliphatic carbocycles. The lowest BCUT2D eigenvalue weighted by Gasteiger charge is -2.14. The fourth-order valence-electron chi connectivity index (χ4n) is 2.77. The topological polar surface area (TPSA) is 56.1 Å². The molecule has 140 valence electrons. The lowest BCUT2D eigenvalue weighted by Crippen LogP contribution is -2.15. The first-order chi connectivity index (χ1) is 12.8. The molecule has 0 aliphatic heterocycles. The largest absolute Gasteiger partial charge is 0.489 e. The molecule has 1 amide bonds. The molecule has 0 bridgehead atoms. The Morgan fingerprint density at radius 3 is 2.63 bits per heavy atom. The van der Waals surface area contributed by atoms with Gasteiger partial charge in [0.05, 0.1) is 17.5 Å². The Balaban J connectivity index is 1.86. The molecular formula is C21H22FN3O2. The van der Waals surface area contributed by atoms with Crippen molar-refractivity contribution < 1.29 is 13.9 Å². The Morgan fingerprint density at radius 1 is 1.19 bits per heavy atom. The number of rotatable bonds is 5. The van der Waals surface area contributed by atoms with E-state index in [4.69, 9.17) is 4.74 Å². The standard InChI is InChI=1S/C21H22FN3O2/c1-13(2)27-20-8-6-5-7-17(20)23-21(26)18-12-19(25(4)24-18)15-9-10-16(22)14(3)11-15/h5-13H,1-4H3,(H,23,26). The van der Waals surface area contributed by atoms with Crippen LogP contribution in [0, 0.1) is 12.7 Å². The fraction of sp³-hybridized carbons (Fsp3) is 0.238. The normalized spacial score (nSPS) is 10.9. The highest BCUT2D eigenvalue weighted by molar-refractivity contribution is 6.04. The van der Waals surface area contributed by atoms with Gasteiger partial charge < -0.3 is 10.1 Å². The maximum atomic E-state index is 13.5. The molecule has 1 N–H and O–H groups in total. The highest BCUT2D eigenvalue weighted by atomic mass is 19.1. The minimum atomic E-state index is -0.338. The van der Waals surface area contributed by atoms with Crippen LogP contribution in [0.4, 0.5) is 10.1 Å². The zero-order chi connectivity index (χ0) is 19.6. The summed E-state index contributed by atoms with van der Waals surface area (Å²) in [6, 6.07) is 13.8. The minimum absolute atomic E-state index is 0.00813. The second kappa shape index (κ2) is 7.61. The van der Waals surface area contributed by atoms with Gasteiger partial charge in [0.15, 0.2) is 5.69 Å². The van der Waals surface area contributed by atoms with Crippen molar-refractivity contribution in [2.45, 2.75) is 26.9 Å². The SMILES string of the molecule is Cc1cc(-c2cc(C(=O)Nc3ccccc3OC(C)C)nn2C)ccc1F. The first-order valence-corrected chi connectivity index (χ1v) is 8.72. The zero-order valence-electron chi connectivity index (χ0n) is 15.8. The van der Waals surface area contributed by atoms with Crippen LogP contribution in [0.1, 0.15) is 29.9 Å². The number of amides is 1. The smallest absolute Gasteiger partial charge is 0.276 e. The van der Waals surface area contributed by atoms with Gasteiger partial charge in [-0.3, -0.25) is 9.48 Å². The van der Waals surface area contributed by atoms with Crippen LogP contribution < -0.4 is 10.1 Å². The number of carbonyl (C=O) groups excluding carboxylic acids is 1. The number of nitrogens with zero attached hydrogens (tertiary/aromatic N) is 2. The lowest BCUT2D eigenvalue weighted by molar-refractivity contribution is 0.102. The van der Waals surface area contributed by atoms with Crippen LogP contribution >= 0.6 is 0 Å². The summed E-state index contributed by atoms with van der Waals surface area (Å²) in [4.78, 5) is 12.7. The van der Waals surface area contributed by atoms with E-state index in [-0.39, 0.29) is 23.5 Å². The molecule has 0 unspecified atom stereocenters. The lowest BCUT2D eigenvalue weighted by atomic mass is 10.1. The number of carbonyl (C=O) groups is 1. The van der Waals surface area contributed by atoms with Gasteiger partial charge in [-0.05, 0) is 62.7 Å². The molecule has 0 saturated heterocycles. The third kappa shape index (κ3) is 4.16. The Labute approximate surface area is 157 Å². The Bertz CT molecular complexity index is 979. The number of nitrogens with one attached hydrogen (secondary N) is 1. The number of aromatic nitrogens is 2. The van der Waals surface area contributed by atoms with E-state index >= 15 is 0 Å². The molecule has 1 heterocycles. The number of hydrogen-bond donors (Lipinski definition) is 1. The van der Waals surface area contributed by atoms with Crippen LogP contribution in [0.25, 0.3) is 11.3 Å². The van der Waals surface area contributed by atoms with Crippen molar-refractivity contribution in [2.24, 2.45) is 7.05 Å². The van der Waals surface area contributed by atoms with E-state index in [2.05, 4.69) is 10.4 Å². The summed E-state index contributed by atoms with van der Waals surface area (Å²) in [6.07, 6.45) is -0.00813. The van der Waals surface area contributed by atoms with Gasteiger partial charge in [-0.25, -0.2) is 4.39 Å². The van der Waals surface area contributed by atoms with Gasteiger partial charge in [-0.2, -0.15) is 5.10 Å². The van der Waals surface area contributed by atoms with Crippen molar-refractivity contribution in [1.29, 1.82) is 0 Å². The molecule has 3 rings (SSSR count). The van der Waals surface area contributed by atoms with E-state index in [1.54, 1.807) is 49.0 Å². The van der Waals surface area contributed by atoms with Crippen molar-refractivity contribution in [3.8, 4) is 17.0 Å². The van der Waals surface area contributed by atoms with Crippen molar-refractivity contribution in [3.05, 3.63) is 65.6 Å². The molecule has 0 fully saturated rings. The van der Waals surface area contributed by atoms with E-state index < -0.39 is 0 Å². The van der Waals surface area contributed by atoms with Crippen LogP contribution in [0.15, 0.2) is 48.5 Å². The molecule has 0 spiro atoms. The molecular weight excluding hydrogens is 345 g/mol. The number of hydrogen-bond acceptors (Lipinski definition) is 3. The number of halogens is 1. The van der Waals surface area contributed by atoms with Gasteiger partial charge in [0.25, 0.3) is 5.91 Å². The second-order valence-corrected chi connectivity index (χ2v) is 6.62. The monoisotopic (exact) mass is 367 g/mol. The van der Waals surface area contributed by atoms with Gasteiger partial charge in [-0.1, -0.05) is 12.1 Å². The van der Waals surface area contributed by atoms with Gasteiger partial charge in [0, 0.05) is 12.6 Å². The first kappa shape index (κ1) is 18.6. The van der Waals surface area contributed by atoms with Crippen molar-refractivity contribution >= 4 is 11.6 Å². The summed E-state index contributed by atoms with van der Waals surface area (Å²) >= 11 is 0. The van der Waals surface area contributed by atoms with E-state index in [9.17, 15) is 9.18 Å².